The van der Waals surface area contributed by atoms with Gasteiger partial charge in [-0.05, 0) is 36.2 Å². The van der Waals surface area contributed by atoms with Crippen molar-refractivity contribution in [1.82, 2.24) is 0 Å². The van der Waals surface area contributed by atoms with E-state index < -0.39 is 6.43 Å². The molecule has 0 spiro atoms. The van der Waals surface area contributed by atoms with Crippen molar-refractivity contribution in [2.75, 3.05) is 0 Å². The summed E-state index contributed by atoms with van der Waals surface area (Å²) >= 11 is 0. The summed E-state index contributed by atoms with van der Waals surface area (Å²) in [6.07, 6.45) is 7.45. The Hall–Kier alpha value is -1.18. The highest BCUT2D eigenvalue weighted by molar-refractivity contribution is 5.36. The maximum atomic E-state index is 13.0. The van der Waals surface area contributed by atoms with E-state index in [2.05, 4.69) is 40.3 Å². The first-order valence-corrected chi connectivity index (χ1v) is 7.25. The van der Waals surface area contributed by atoms with Crippen molar-refractivity contribution in [1.29, 1.82) is 0 Å². The molecule has 1 aliphatic carbocycles. The van der Waals surface area contributed by atoms with E-state index in [9.17, 15) is 8.78 Å². The Balaban J connectivity index is 3.08. The fraction of sp³-hybridized carbons (Fsp3) is 0.556. The van der Waals surface area contributed by atoms with E-state index in [1.54, 1.807) is 6.08 Å². The van der Waals surface area contributed by atoms with Crippen LogP contribution in [0.1, 0.15) is 47.0 Å². The van der Waals surface area contributed by atoms with Crippen molar-refractivity contribution in [2.45, 2.75) is 53.4 Å². The van der Waals surface area contributed by atoms with Crippen LogP contribution in [0.5, 0.6) is 0 Å². The van der Waals surface area contributed by atoms with Gasteiger partial charge >= 0.3 is 0 Å². The monoisotopic (exact) mass is 280 g/mol. The van der Waals surface area contributed by atoms with Crippen molar-refractivity contribution < 1.29 is 8.78 Å². The molecule has 0 saturated heterocycles. The van der Waals surface area contributed by atoms with Crippen LogP contribution < -0.4 is 0 Å². The molecule has 0 nitrogen and oxygen atoms in total. The normalized spacial score (nSPS) is 26.9. The number of hydrogen-bond acceptors (Lipinski definition) is 0. The second-order valence-electron chi connectivity index (χ2n) is 6.72. The molecule has 0 unspecified atom stereocenters. The lowest BCUT2D eigenvalue weighted by atomic mass is 9.80. The maximum absolute atomic E-state index is 13.0. The van der Waals surface area contributed by atoms with Crippen LogP contribution in [0.3, 0.4) is 0 Å². The summed E-state index contributed by atoms with van der Waals surface area (Å²) in [4.78, 5) is 0. The van der Waals surface area contributed by atoms with E-state index in [1.807, 2.05) is 6.08 Å². The molecule has 0 aromatic rings. The third kappa shape index (κ3) is 5.44. The van der Waals surface area contributed by atoms with Gasteiger partial charge in [-0.25, -0.2) is 8.78 Å². The largest absolute Gasteiger partial charge is 0.264 e. The molecule has 0 heterocycles. The predicted octanol–water partition coefficient (Wildman–Crippen LogP) is 6.08. The zero-order valence-electron chi connectivity index (χ0n) is 13.0. The molecule has 0 amide bonds. The summed E-state index contributed by atoms with van der Waals surface area (Å²) in [6, 6.07) is 0. The molecular weight excluding hydrogens is 254 g/mol. The summed E-state index contributed by atoms with van der Waals surface area (Å²) in [7, 11) is 0. The van der Waals surface area contributed by atoms with Crippen molar-refractivity contribution in [3.63, 3.8) is 0 Å². The molecule has 0 saturated carbocycles. The van der Waals surface area contributed by atoms with Gasteiger partial charge in [-0.15, -0.1) is 0 Å². The highest BCUT2D eigenvalue weighted by atomic mass is 19.3. The highest BCUT2D eigenvalue weighted by Crippen LogP contribution is 2.34. The average Bonchev–Trinajstić information content (AvgIpc) is 2.24. The minimum atomic E-state index is -2.46. The number of alkyl halides is 2. The van der Waals surface area contributed by atoms with Gasteiger partial charge in [0.25, 0.3) is 6.43 Å². The van der Waals surface area contributed by atoms with E-state index in [4.69, 9.17) is 0 Å². The molecule has 0 N–H and O–H groups in total. The lowest BCUT2D eigenvalue weighted by molar-refractivity contribution is 0.191. The minimum absolute atomic E-state index is 0.0648. The first kappa shape index (κ1) is 16.9. The first-order chi connectivity index (χ1) is 9.21. The lowest BCUT2D eigenvalue weighted by Crippen LogP contribution is -2.13. The summed E-state index contributed by atoms with van der Waals surface area (Å²) in [5, 5.41) is 0. The Morgan fingerprint density at radius 3 is 2.50 bits per heavy atom. The molecule has 0 aromatic carbocycles. The van der Waals surface area contributed by atoms with Gasteiger partial charge < -0.3 is 0 Å². The molecule has 0 fully saturated rings. The van der Waals surface area contributed by atoms with Gasteiger partial charge in [0.05, 0.1) is 0 Å². The Kier molecular flexibility index (Phi) is 5.91. The van der Waals surface area contributed by atoms with Gasteiger partial charge in [-0.3, -0.25) is 0 Å². The van der Waals surface area contributed by atoms with Crippen LogP contribution in [0.25, 0.3) is 0 Å². The Morgan fingerprint density at radius 1 is 1.30 bits per heavy atom. The third-order valence-electron chi connectivity index (χ3n) is 3.37. The van der Waals surface area contributed by atoms with E-state index in [0.29, 0.717) is 17.9 Å². The quantitative estimate of drug-likeness (QED) is 0.549. The van der Waals surface area contributed by atoms with Gasteiger partial charge in [0.15, 0.2) is 0 Å². The molecule has 1 aliphatic rings. The van der Waals surface area contributed by atoms with Crippen molar-refractivity contribution in [3.8, 4) is 0 Å². The Bertz CT molecular complexity index is 434. The average molecular weight is 280 g/mol. The van der Waals surface area contributed by atoms with Crippen LogP contribution in [0.15, 0.2) is 47.6 Å². The number of allylic oxidation sites excluding steroid dienone is 7. The highest BCUT2D eigenvalue weighted by Gasteiger charge is 2.22. The van der Waals surface area contributed by atoms with Gasteiger partial charge in [0.1, 0.15) is 0 Å². The molecule has 0 radical (unpaired) electrons. The fourth-order valence-electron chi connectivity index (χ4n) is 2.72. The fourth-order valence-corrected chi connectivity index (χ4v) is 2.72. The summed E-state index contributed by atoms with van der Waals surface area (Å²) < 4.78 is 26.1. The van der Waals surface area contributed by atoms with Gasteiger partial charge in [0.2, 0.25) is 0 Å². The van der Waals surface area contributed by atoms with Crippen LogP contribution in [0.4, 0.5) is 8.78 Å². The topological polar surface area (TPSA) is 0 Å². The molecule has 0 atom stereocenters. The Morgan fingerprint density at radius 2 is 1.95 bits per heavy atom. The number of rotatable bonds is 3. The van der Waals surface area contributed by atoms with E-state index in [-0.39, 0.29) is 11.0 Å². The predicted molar refractivity (Wildman–Crippen MR) is 82.9 cm³/mol. The summed E-state index contributed by atoms with van der Waals surface area (Å²) in [6.45, 7) is 12.4. The molecule has 2 heteroatoms. The van der Waals surface area contributed by atoms with Crippen LogP contribution in [0, 0.1) is 11.3 Å². The van der Waals surface area contributed by atoms with E-state index in [0.717, 1.165) is 12.8 Å². The lowest BCUT2D eigenvalue weighted by Gasteiger charge is -2.25. The van der Waals surface area contributed by atoms with Crippen LogP contribution in [-0.2, 0) is 0 Å². The second-order valence-corrected chi connectivity index (χ2v) is 6.72. The smallest absolute Gasteiger partial charge is 0.205 e. The van der Waals surface area contributed by atoms with Crippen LogP contribution in [-0.4, -0.2) is 6.43 Å². The summed E-state index contributed by atoms with van der Waals surface area (Å²) in [5.41, 5.74) is 1.84. The van der Waals surface area contributed by atoms with Gasteiger partial charge in [-0.1, -0.05) is 64.2 Å². The second kappa shape index (κ2) is 7.01. The van der Waals surface area contributed by atoms with Gasteiger partial charge in [0, 0.05) is 5.57 Å². The zero-order chi connectivity index (χ0) is 15.3. The molecule has 112 valence electrons. The van der Waals surface area contributed by atoms with Crippen molar-refractivity contribution in [3.05, 3.63) is 47.6 Å². The molecule has 0 aliphatic heterocycles. The summed E-state index contributed by atoms with van der Waals surface area (Å²) in [5.74, 6) is 0.601. The SMILES string of the molecule is C=C1CC(C)(C)/C=C(/CC(C)C)C/C=C\C=C/1C(F)F. The standard InChI is InChI=1S/C18H26F2/c1-13(2)10-15-8-6-7-9-16(17(19)20)14(3)11-18(4,5)12-15/h6-7,9,12-13,17H,3,8,10-11H2,1-2,4-5H3/b7-6-,15-12+,16-9+. The molecule has 0 bridgehead atoms. The zero-order valence-corrected chi connectivity index (χ0v) is 13.0. The number of hydrogen-bond donors (Lipinski definition) is 0. The third-order valence-corrected chi connectivity index (χ3v) is 3.37. The van der Waals surface area contributed by atoms with E-state index in [1.165, 1.54) is 11.6 Å². The van der Waals surface area contributed by atoms with Crippen LogP contribution >= 0.6 is 0 Å². The Labute approximate surface area is 122 Å². The first-order valence-electron chi connectivity index (χ1n) is 7.25. The number of halogens is 2. The van der Waals surface area contributed by atoms with Crippen LogP contribution in [0.2, 0.25) is 0 Å². The maximum Gasteiger partial charge on any atom is 0.264 e. The molecule has 0 aromatic heterocycles. The molecule has 20 heavy (non-hydrogen) atoms. The molecule has 1 rings (SSSR count). The van der Waals surface area contributed by atoms with Crippen molar-refractivity contribution >= 4 is 0 Å². The van der Waals surface area contributed by atoms with Gasteiger partial charge in [-0.2, -0.15) is 0 Å². The molecular formula is C18H26F2. The minimum Gasteiger partial charge on any atom is -0.205 e. The van der Waals surface area contributed by atoms with E-state index >= 15 is 0 Å². The van der Waals surface area contributed by atoms with Crippen molar-refractivity contribution in [2.24, 2.45) is 11.3 Å².